The predicted molar refractivity (Wildman–Crippen MR) is 93.7 cm³/mol. The summed E-state index contributed by atoms with van der Waals surface area (Å²) in [7, 11) is 0. The van der Waals surface area contributed by atoms with Crippen LogP contribution in [-0.2, 0) is 4.79 Å². The average molecular weight is 455 g/mol. The number of carboxylic acid groups (broad SMARTS) is 1. The Morgan fingerprint density at radius 2 is 2.27 bits per heavy atom. The molecule has 1 heterocycles. The fourth-order valence-corrected chi connectivity index (χ4v) is 5.28. The largest absolute Gasteiger partial charge is 0.508 e. The van der Waals surface area contributed by atoms with E-state index in [1.165, 1.54) is 0 Å². The number of alkyl halides is 1. The number of aliphatic carboxylic acids is 1. The molecule has 0 aromatic heterocycles. The number of hydrogen-bond acceptors (Lipinski definition) is 5. The summed E-state index contributed by atoms with van der Waals surface area (Å²) < 4.78 is 7.57. The zero-order valence-electron chi connectivity index (χ0n) is 12.1. The molecule has 0 saturated carbocycles. The van der Waals surface area contributed by atoms with Crippen LogP contribution in [0.2, 0.25) is 0 Å². The van der Waals surface area contributed by atoms with Gasteiger partial charge in [0.05, 0.1) is 5.88 Å². The number of benzene rings is 1. The normalized spacial score (nSPS) is 25.6. The molecule has 2 atom stereocenters. The zero-order chi connectivity index (χ0) is 16.5. The van der Waals surface area contributed by atoms with Gasteiger partial charge in [0.25, 0.3) is 0 Å². The van der Waals surface area contributed by atoms with E-state index >= 15 is 0 Å². The van der Waals surface area contributed by atoms with Crippen molar-refractivity contribution in [2.75, 3.05) is 5.88 Å². The van der Waals surface area contributed by atoms with Crippen LogP contribution in [0.15, 0.2) is 18.2 Å². The van der Waals surface area contributed by atoms with Crippen molar-refractivity contribution >= 4 is 49.8 Å². The van der Waals surface area contributed by atoms with Gasteiger partial charge in [-0.3, -0.25) is 4.79 Å². The summed E-state index contributed by atoms with van der Waals surface area (Å²) in [6.07, 6.45) is -0.181. The molecule has 1 saturated heterocycles. The van der Waals surface area contributed by atoms with Gasteiger partial charge in [-0.2, -0.15) is 3.93 Å². The fourth-order valence-electron chi connectivity index (χ4n) is 2.26. The maximum absolute atomic E-state index is 11.3. The van der Waals surface area contributed by atoms with Crippen molar-refractivity contribution in [3.63, 3.8) is 0 Å². The lowest BCUT2D eigenvalue weighted by Crippen LogP contribution is -2.50. The van der Waals surface area contributed by atoms with Crippen molar-refractivity contribution in [3.05, 3.63) is 23.8 Å². The first kappa shape index (κ1) is 17.9. The number of nitrogens with zero attached hydrogens (tertiary/aromatic N) is 1. The predicted octanol–water partition coefficient (Wildman–Crippen LogP) is 4.10. The van der Waals surface area contributed by atoms with E-state index in [0.29, 0.717) is 11.6 Å². The standard InChI is InChI=1S/C14H17Br2NO4S/c1-8(2)10-5-9(3-4-11(10)18)21-14(6-12(19)20)13(15)22-7-17(14)16/h3-5,8,13,18H,6-7H2,1-2H3,(H,19,20). The summed E-state index contributed by atoms with van der Waals surface area (Å²) in [5.41, 5.74) is -0.275. The number of phenols is 1. The Hall–Kier alpha value is -0.440. The van der Waals surface area contributed by atoms with Crippen molar-refractivity contribution in [2.24, 2.45) is 0 Å². The molecular weight excluding hydrogens is 438 g/mol. The lowest BCUT2D eigenvalue weighted by Gasteiger charge is -2.35. The molecule has 5 nitrogen and oxygen atoms in total. The van der Waals surface area contributed by atoms with Crippen molar-refractivity contribution in [2.45, 2.75) is 36.1 Å². The maximum Gasteiger partial charge on any atom is 0.308 e. The number of halogens is 2. The molecule has 0 spiro atoms. The quantitative estimate of drug-likeness (QED) is 0.515. The number of thioether (sulfide) groups is 1. The van der Waals surface area contributed by atoms with E-state index in [-0.39, 0.29) is 22.2 Å². The minimum absolute atomic E-state index is 0.136. The van der Waals surface area contributed by atoms with E-state index < -0.39 is 11.7 Å². The van der Waals surface area contributed by atoms with Crippen molar-refractivity contribution in [3.8, 4) is 11.5 Å². The lowest BCUT2D eigenvalue weighted by atomic mass is 10.0. The molecule has 8 heteroatoms. The third-order valence-corrected chi connectivity index (χ3v) is 7.18. The number of hydrogen-bond donors (Lipinski definition) is 2. The Kier molecular flexibility index (Phi) is 5.68. The van der Waals surface area contributed by atoms with E-state index in [0.717, 1.165) is 5.56 Å². The van der Waals surface area contributed by atoms with Crippen LogP contribution in [0, 0.1) is 0 Å². The molecule has 0 radical (unpaired) electrons. The van der Waals surface area contributed by atoms with Gasteiger partial charge in [-0.05, 0) is 24.1 Å². The Morgan fingerprint density at radius 3 is 2.77 bits per heavy atom. The SMILES string of the molecule is CC(C)c1cc(OC2(CC(=O)O)C(Br)SCN2Br)ccc1O. The van der Waals surface area contributed by atoms with Crippen LogP contribution in [0.25, 0.3) is 0 Å². The Balaban J connectivity index is 2.36. The van der Waals surface area contributed by atoms with Crippen molar-refractivity contribution in [1.82, 2.24) is 3.93 Å². The molecule has 0 bridgehead atoms. The molecule has 22 heavy (non-hydrogen) atoms. The smallest absolute Gasteiger partial charge is 0.308 e. The minimum Gasteiger partial charge on any atom is -0.508 e. The lowest BCUT2D eigenvalue weighted by molar-refractivity contribution is -0.143. The van der Waals surface area contributed by atoms with Gasteiger partial charge in [0.15, 0.2) is 0 Å². The van der Waals surface area contributed by atoms with Gasteiger partial charge in [-0.25, -0.2) is 0 Å². The molecule has 2 unspecified atom stereocenters. The average Bonchev–Trinajstić information content (AvgIpc) is 2.68. The van der Waals surface area contributed by atoms with E-state index in [1.807, 2.05) is 13.8 Å². The maximum atomic E-state index is 11.3. The minimum atomic E-state index is -1.04. The summed E-state index contributed by atoms with van der Waals surface area (Å²) >= 11 is 8.44. The van der Waals surface area contributed by atoms with E-state index in [9.17, 15) is 15.0 Å². The third-order valence-electron chi connectivity index (χ3n) is 3.42. The molecule has 2 rings (SSSR count). The molecule has 1 aromatic carbocycles. The Labute approximate surface area is 150 Å². The molecule has 1 aromatic rings. The number of carbonyl (C=O) groups is 1. The summed E-state index contributed by atoms with van der Waals surface area (Å²) in [6, 6.07) is 4.98. The molecule has 1 aliphatic rings. The van der Waals surface area contributed by atoms with Crippen molar-refractivity contribution in [1.29, 1.82) is 0 Å². The van der Waals surface area contributed by atoms with E-state index in [2.05, 4.69) is 32.1 Å². The second-order valence-corrected chi connectivity index (χ2v) is 8.81. The summed E-state index contributed by atoms with van der Waals surface area (Å²) in [6.45, 7) is 3.95. The molecular formula is C14H17Br2NO4S. The topological polar surface area (TPSA) is 70.0 Å². The molecule has 0 aliphatic carbocycles. The second-order valence-electron chi connectivity index (χ2n) is 5.37. The van der Waals surface area contributed by atoms with E-state index in [4.69, 9.17) is 4.74 Å². The molecule has 1 aliphatic heterocycles. The summed E-state index contributed by atoms with van der Waals surface area (Å²) in [5.74, 6) is 0.523. The highest BCUT2D eigenvalue weighted by atomic mass is 79.9. The Morgan fingerprint density at radius 1 is 1.59 bits per heavy atom. The van der Waals surface area contributed by atoms with Crippen LogP contribution in [0.4, 0.5) is 0 Å². The first-order valence-electron chi connectivity index (χ1n) is 6.69. The van der Waals surface area contributed by atoms with Gasteiger partial charge in [-0.1, -0.05) is 29.8 Å². The fraction of sp³-hybridized carbons (Fsp3) is 0.500. The number of rotatable bonds is 5. The molecule has 122 valence electrons. The van der Waals surface area contributed by atoms with Gasteiger partial charge in [0.2, 0.25) is 5.72 Å². The van der Waals surface area contributed by atoms with Gasteiger partial charge in [0.1, 0.15) is 22.1 Å². The third kappa shape index (κ3) is 3.55. The molecule has 0 amide bonds. The van der Waals surface area contributed by atoms with Crippen LogP contribution in [0.3, 0.4) is 0 Å². The number of aromatic hydroxyl groups is 1. The second kappa shape index (κ2) is 6.98. The zero-order valence-corrected chi connectivity index (χ0v) is 16.1. The summed E-state index contributed by atoms with van der Waals surface area (Å²) in [5, 5.41) is 19.1. The van der Waals surface area contributed by atoms with Crippen molar-refractivity contribution < 1.29 is 19.7 Å². The number of ether oxygens (including phenoxy) is 1. The van der Waals surface area contributed by atoms with Crippen LogP contribution in [-0.4, -0.2) is 35.9 Å². The Bertz CT molecular complexity index is 560. The van der Waals surface area contributed by atoms with Crippen LogP contribution >= 0.6 is 43.8 Å². The highest BCUT2D eigenvalue weighted by Crippen LogP contribution is 2.47. The highest BCUT2D eigenvalue weighted by molar-refractivity contribution is 9.11. The van der Waals surface area contributed by atoms with Gasteiger partial charge in [-0.15, -0.1) is 11.8 Å². The monoisotopic (exact) mass is 453 g/mol. The first-order valence-corrected chi connectivity index (χ1v) is 9.36. The molecule has 2 N–H and O–H groups in total. The van der Waals surface area contributed by atoms with Gasteiger partial charge < -0.3 is 14.9 Å². The first-order chi connectivity index (χ1) is 10.3. The van der Waals surface area contributed by atoms with Crippen LogP contribution < -0.4 is 4.74 Å². The van der Waals surface area contributed by atoms with Crippen LogP contribution in [0.1, 0.15) is 31.7 Å². The number of phenolic OH excluding ortho intramolecular Hbond substituents is 1. The van der Waals surface area contributed by atoms with Gasteiger partial charge in [0, 0.05) is 21.7 Å². The van der Waals surface area contributed by atoms with Gasteiger partial charge >= 0.3 is 5.97 Å². The number of carboxylic acids is 1. The van der Waals surface area contributed by atoms with Crippen LogP contribution in [0.5, 0.6) is 11.5 Å². The summed E-state index contributed by atoms with van der Waals surface area (Å²) in [4.78, 5) is 11.3. The molecule has 1 fully saturated rings. The highest BCUT2D eigenvalue weighted by Gasteiger charge is 2.52. The van der Waals surface area contributed by atoms with E-state index in [1.54, 1.807) is 33.9 Å².